The van der Waals surface area contributed by atoms with Crippen molar-refractivity contribution in [3.63, 3.8) is 0 Å². The van der Waals surface area contributed by atoms with E-state index in [-0.39, 0.29) is 23.9 Å². The number of carbonyl (C=O) groups is 1. The lowest BCUT2D eigenvalue weighted by molar-refractivity contribution is -0.126. The normalized spacial score (nSPS) is 19.3. The highest BCUT2D eigenvalue weighted by Gasteiger charge is 2.26. The zero-order valence-electron chi connectivity index (χ0n) is 13.9. The first kappa shape index (κ1) is 16.5. The van der Waals surface area contributed by atoms with E-state index >= 15 is 0 Å². The van der Waals surface area contributed by atoms with Gasteiger partial charge in [0, 0.05) is 11.6 Å². The monoisotopic (exact) mass is 324 g/mol. The number of rotatable bonds is 4. The molecule has 3 unspecified atom stereocenters. The third-order valence-electron chi connectivity index (χ3n) is 4.64. The smallest absolute Gasteiger partial charge is 0.225 e. The first-order chi connectivity index (χ1) is 11.7. The minimum Gasteiger partial charge on any atom is -0.493 e. The molecule has 0 spiro atoms. The Labute approximate surface area is 143 Å². The number of nitrogens with one attached hydrogen (secondary N) is 1. The number of nitrogens with two attached hydrogens (primary N) is 1. The van der Waals surface area contributed by atoms with Crippen LogP contribution in [0, 0.1) is 5.92 Å². The topological polar surface area (TPSA) is 64.3 Å². The highest BCUT2D eigenvalue weighted by atomic mass is 16.5. The lowest BCUT2D eigenvalue weighted by atomic mass is 9.93. The van der Waals surface area contributed by atoms with Crippen LogP contribution in [-0.4, -0.2) is 12.5 Å². The van der Waals surface area contributed by atoms with Crippen LogP contribution < -0.4 is 15.8 Å². The average molecular weight is 324 g/mol. The minimum atomic E-state index is -0.316. The molecule has 0 aliphatic carbocycles. The molecule has 4 heteroatoms. The molecule has 1 aliphatic rings. The Kier molecular flexibility index (Phi) is 5.16. The second kappa shape index (κ2) is 7.49. The molecule has 0 bridgehead atoms. The molecule has 0 fully saturated rings. The van der Waals surface area contributed by atoms with Crippen LogP contribution in [0.15, 0.2) is 54.6 Å². The Hall–Kier alpha value is -2.33. The summed E-state index contributed by atoms with van der Waals surface area (Å²) in [6, 6.07) is 17.3. The lowest BCUT2D eigenvalue weighted by Gasteiger charge is -2.24. The molecule has 3 atom stereocenters. The third kappa shape index (κ3) is 3.60. The van der Waals surface area contributed by atoms with Crippen LogP contribution >= 0.6 is 0 Å². The summed E-state index contributed by atoms with van der Waals surface area (Å²) in [5, 5.41) is 3.17. The van der Waals surface area contributed by atoms with Gasteiger partial charge >= 0.3 is 0 Å². The molecule has 1 aliphatic heterocycles. The van der Waals surface area contributed by atoms with Gasteiger partial charge in [-0.25, -0.2) is 0 Å². The number of hydrogen-bond donors (Lipinski definition) is 2. The van der Waals surface area contributed by atoms with Crippen molar-refractivity contribution < 1.29 is 9.53 Å². The molecule has 2 aromatic carbocycles. The quantitative estimate of drug-likeness (QED) is 0.906. The first-order valence-electron chi connectivity index (χ1n) is 8.49. The van der Waals surface area contributed by atoms with Crippen molar-refractivity contribution in [2.75, 3.05) is 6.61 Å². The summed E-state index contributed by atoms with van der Waals surface area (Å²) < 4.78 is 5.76. The van der Waals surface area contributed by atoms with Crippen LogP contribution in [-0.2, 0) is 4.79 Å². The lowest BCUT2D eigenvalue weighted by Crippen LogP contribution is -2.37. The van der Waals surface area contributed by atoms with Gasteiger partial charge in [0.1, 0.15) is 5.75 Å². The molecule has 2 aromatic rings. The number of fused-ring (bicyclic) bond motifs is 1. The summed E-state index contributed by atoms with van der Waals surface area (Å²) in [6.45, 7) is 2.56. The number of para-hydroxylation sites is 1. The van der Waals surface area contributed by atoms with E-state index in [1.165, 1.54) is 0 Å². The van der Waals surface area contributed by atoms with Gasteiger partial charge in [-0.2, -0.15) is 0 Å². The fourth-order valence-electron chi connectivity index (χ4n) is 3.11. The fraction of sp³-hybridized carbons (Fsp3) is 0.350. The summed E-state index contributed by atoms with van der Waals surface area (Å²) in [5.74, 6) is 0.539. The van der Waals surface area contributed by atoms with Crippen molar-refractivity contribution in [2.45, 2.75) is 31.8 Å². The Bertz CT molecular complexity index is 687. The predicted molar refractivity (Wildman–Crippen MR) is 94.6 cm³/mol. The Morgan fingerprint density at radius 1 is 1.17 bits per heavy atom. The molecule has 3 rings (SSSR count). The van der Waals surface area contributed by atoms with Gasteiger partial charge in [-0.1, -0.05) is 55.5 Å². The van der Waals surface area contributed by atoms with Crippen molar-refractivity contribution in [2.24, 2.45) is 11.7 Å². The van der Waals surface area contributed by atoms with E-state index < -0.39 is 0 Å². The van der Waals surface area contributed by atoms with E-state index in [4.69, 9.17) is 10.5 Å². The van der Waals surface area contributed by atoms with Crippen molar-refractivity contribution >= 4 is 5.91 Å². The van der Waals surface area contributed by atoms with E-state index in [1.54, 1.807) is 0 Å². The number of amides is 1. The second-order valence-electron chi connectivity index (χ2n) is 6.31. The van der Waals surface area contributed by atoms with E-state index in [1.807, 2.05) is 61.5 Å². The van der Waals surface area contributed by atoms with Gasteiger partial charge in [0.15, 0.2) is 0 Å². The van der Waals surface area contributed by atoms with E-state index in [0.29, 0.717) is 6.61 Å². The van der Waals surface area contributed by atoms with E-state index in [0.717, 1.165) is 29.7 Å². The maximum atomic E-state index is 12.7. The van der Waals surface area contributed by atoms with Crippen molar-refractivity contribution in [3.8, 4) is 5.75 Å². The zero-order valence-corrected chi connectivity index (χ0v) is 13.9. The third-order valence-corrected chi connectivity index (χ3v) is 4.64. The zero-order chi connectivity index (χ0) is 16.9. The van der Waals surface area contributed by atoms with Gasteiger partial charge in [-0.05, 0) is 24.5 Å². The molecule has 1 amide bonds. The van der Waals surface area contributed by atoms with Crippen molar-refractivity contribution in [1.82, 2.24) is 5.32 Å². The van der Waals surface area contributed by atoms with Crippen LogP contribution in [0.4, 0.5) is 0 Å². The molecule has 3 N–H and O–H groups in total. The maximum Gasteiger partial charge on any atom is 0.225 e. The van der Waals surface area contributed by atoms with Crippen molar-refractivity contribution in [3.05, 3.63) is 65.7 Å². The van der Waals surface area contributed by atoms with Gasteiger partial charge < -0.3 is 15.8 Å². The maximum absolute atomic E-state index is 12.7. The van der Waals surface area contributed by atoms with Crippen LogP contribution in [0.2, 0.25) is 0 Å². The Morgan fingerprint density at radius 3 is 2.67 bits per heavy atom. The van der Waals surface area contributed by atoms with Gasteiger partial charge in [-0.15, -0.1) is 0 Å². The molecule has 126 valence electrons. The highest BCUT2D eigenvalue weighted by molar-refractivity contribution is 5.79. The van der Waals surface area contributed by atoms with Gasteiger partial charge in [0.25, 0.3) is 0 Å². The van der Waals surface area contributed by atoms with Crippen molar-refractivity contribution in [1.29, 1.82) is 0 Å². The number of ether oxygens (including phenoxy) is 1. The van der Waals surface area contributed by atoms with Gasteiger partial charge in [-0.3, -0.25) is 4.79 Å². The van der Waals surface area contributed by atoms with Crippen LogP contribution in [0.3, 0.4) is 0 Å². The number of carbonyl (C=O) groups excluding carboxylic acids is 1. The molecule has 1 heterocycles. The molecule has 0 saturated heterocycles. The Balaban J connectivity index is 1.72. The molecular weight excluding hydrogens is 300 g/mol. The SMILES string of the molecule is CC(C(=O)NC1CCCOc2ccccc21)C(N)c1ccccc1. The summed E-state index contributed by atoms with van der Waals surface area (Å²) in [7, 11) is 0. The molecule has 0 radical (unpaired) electrons. The predicted octanol–water partition coefficient (Wildman–Crippen LogP) is 3.35. The van der Waals surface area contributed by atoms with Gasteiger partial charge in [0.2, 0.25) is 5.91 Å². The minimum absolute atomic E-state index is 0.0203. The summed E-state index contributed by atoms with van der Waals surface area (Å²) in [4.78, 5) is 12.7. The standard InChI is InChI=1S/C20H24N2O2/c1-14(19(21)15-8-3-2-4-9-15)20(23)22-17-11-7-13-24-18-12-6-5-10-16(17)18/h2-6,8-10,12,14,17,19H,7,11,13,21H2,1H3,(H,22,23). The molecule has 4 nitrogen and oxygen atoms in total. The summed E-state index contributed by atoms with van der Waals surface area (Å²) >= 11 is 0. The Morgan fingerprint density at radius 2 is 1.88 bits per heavy atom. The van der Waals surface area contributed by atoms with E-state index in [2.05, 4.69) is 5.32 Å². The van der Waals surface area contributed by atoms with Crippen LogP contribution in [0.5, 0.6) is 5.75 Å². The highest BCUT2D eigenvalue weighted by Crippen LogP contribution is 2.31. The molecule has 0 aromatic heterocycles. The fourth-order valence-corrected chi connectivity index (χ4v) is 3.11. The number of hydrogen-bond acceptors (Lipinski definition) is 3. The molecule has 0 saturated carbocycles. The van der Waals surface area contributed by atoms with Gasteiger partial charge in [0.05, 0.1) is 18.6 Å². The first-order valence-corrected chi connectivity index (χ1v) is 8.49. The van der Waals surface area contributed by atoms with Crippen LogP contribution in [0.1, 0.15) is 43.0 Å². The van der Waals surface area contributed by atoms with E-state index in [9.17, 15) is 4.79 Å². The average Bonchev–Trinajstić information content (AvgIpc) is 2.83. The largest absolute Gasteiger partial charge is 0.493 e. The number of benzene rings is 2. The molecular formula is C20H24N2O2. The summed E-state index contributed by atoms with van der Waals surface area (Å²) in [6.07, 6.45) is 1.79. The second-order valence-corrected chi connectivity index (χ2v) is 6.31. The molecule has 24 heavy (non-hydrogen) atoms. The van der Waals surface area contributed by atoms with Crippen LogP contribution in [0.25, 0.3) is 0 Å². The summed E-state index contributed by atoms with van der Waals surface area (Å²) in [5.41, 5.74) is 8.31.